The van der Waals surface area contributed by atoms with E-state index in [1.165, 1.54) is 27.3 Å². The Labute approximate surface area is 122 Å². The summed E-state index contributed by atoms with van der Waals surface area (Å²) in [5, 5.41) is 6.90. The van der Waals surface area contributed by atoms with Crippen LogP contribution in [0.5, 0.6) is 5.06 Å². The molecule has 2 heterocycles. The number of hydrogen-bond donors (Lipinski definition) is 0. The first-order chi connectivity index (χ1) is 9.29. The third kappa shape index (κ3) is 4.23. The maximum absolute atomic E-state index is 4.84. The van der Waals surface area contributed by atoms with Gasteiger partial charge in [-0.3, -0.25) is 0 Å². The molecule has 2 aromatic heterocycles. The van der Waals surface area contributed by atoms with Gasteiger partial charge >= 0.3 is 0 Å². The molecule has 0 aliphatic rings. The molecular weight excluding hydrogens is 272 g/mol. The third-order valence-electron chi connectivity index (χ3n) is 2.46. The van der Waals surface area contributed by atoms with Crippen LogP contribution in [0.25, 0.3) is 10.4 Å². The Morgan fingerprint density at radius 1 is 0.895 bits per heavy atom. The summed E-state index contributed by atoms with van der Waals surface area (Å²) in [5.41, 5.74) is 2.59. The Bertz CT molecular complexity index is 566. The lowest BCUT2D eigenvalue weighted by Crippen LogP contribution is -1.72. The summed E-state index contributed by atoms with van der Waals surface area (Å²) in [6, 6.07) is 16.3. The van der Waals surface area contributed by atoms with E-state index in [2.05, 4.69) is 48.0 Å². The van der Waals surface area contributed by atoms with Crippen LogP contribution in [0, 0.1) is 17.7 Å². The number of hydrogen-bond acceptors (Lipinski definition) is 3. The van der Waals surface area contributed by atoms with Crippen LogP contribution < -0.4 is 4.74 Å². The van der Waals surface area contributed by atoms with Gasteiger partial charge in [-0.25, -0.2) is 0 Å². The van der Waals surface area contributed by atoms with Crippen molar-refractivity contribution in [2.45, 2.75) is 6.92 Å². The highest BCUT2D eigenvalue weighted by Gasteiger charge is 1.96. The van der Waals surface area contributed by atoms with Crippen molar-refractivity contribution in [3.8, 4) is 15.5 Å². The minimum Gasteiger partial charge on any atom is -0.487 e. The topological polar surface area (TPSA) is 9.23 Å². The molecule has 0 unspecified atom stereocenters. The molecule has 3 aromatic rings. The minimum absolute atomic E-state index is 0.917. The molecule has 3 heteroatoms. The zero-order valence-electron chi connectivity index (χ0n) is 10.8. The first kappa shape index (κ1) is 13.8. The highest BCUT2D eigenvalue weighted by Crippen LogP contribution is 2.23. The maximum atomic E-state index is 4.84. The quantitative estimate of drug-likeness (QED) is 0.638. The van der Waals surface area contributed by atoms with Gasteiger partial charge in [0, 0.05) is 15.6 Å². The average Bonchev–Trinajstić information content (AvgIpc) is 3.14. The van der Waals surface area contributed by atoms with Gasteiger partial charge in [0.1, 0.15) is 0 Å². The summed E-state index contributed by atoms with van der Waals surface area (Å²) in [5.74, 6) is 0. The van der Waals surface area contributed by atoms with Crippen LogP contribution in [0.15, 0.2) is 48.5 Å². The van der Waals surface area contributed by atoms with Gasteiger partial charge in [-0.05, 0) is 36.8 Å². The van der Waals surface area contributed by atoms with Crippen molar-refractivity contribution in [3.63, 3.8) is 0 Å². The number of benzene rings is 1. The second kappa shape index (κ2) is 7.12. The van der Waals surface area contributed by atoms with Crippen LogP contribution in [0.1, 0.15) is 5.56 Å². The van der Waals surface area contributed by atoms with Crippen LogP contribution in [0.3, 0.4) is 0 Å². The molecule has 0 saturated carbocycles. The molecule has 0 atom stereocenters. The van der Waals surface area contributed by atoms with E-state index in [1.807, 2.05) is 18.2 Å². The highest BCUT2D eigenvalue weighted by atomic mass is 32.1. The fourth-order valence-electron chi connectivity index (χ4n) is 1.45. The molecule has 1 nitrogen and oxygen atoms in total. The van der Waals surface area contributed by atoms with Crippen molar-refractivity contribution in [2.75, 3.05) is 7.11 Å². The van der Waals surface area contributed by atoms with Gasteiger partial charge in [0.05, 0.1) is 7.11 Å². The summed E-state index contributed by atoms with van der Waals surface area (Å²) in [6.45, 7) is 2.10. The molecular formula is C16H14OS2. The molecule has 0 aliphatic carbocycles. The van der Waals surface area contributed by atoms with E-state index in [1.54, 1.807) is 18.4 Å². The number of aryl methyl sites for hydroxylation is 1. The summed E-state index contributed by atoms with van der Waals surface area (Å²) in [4.78, 5) is 1.29. The molecule has 19 heavy (non-hydrogen) atoms. The van der Waals surface area contributed by atoms with Crippen molar-refractivity contribution in [2.24, 2.45) is 0 Å². The van der Waals surface area contributed by atoms with E-state index in [0.29, 0.717) is 0 Å². The van der Waals surface area contributed by atoms with Gasteiger partial charge in [-0.1, -0.05) is 41.2 Å². The van der Waals surface area contributed by atoms with Crippen LogP contribution in [0.2, 0.25) is 0 Å². The van der Waals surface area contributed by atoms with E-state index >= 15 is 0 Å². The summed E-state index contributed by atoms with van der Waals surface area (Å²) in [7, 11) is 1.65. The van der Waals surface area contributed by atoms with Gasteiger partial charge in [0.2, 0.25) is 0 Å². The van der Waals surface area contributed by atoms with E-state index < -0.39 is 0 Å². The van der Waals surface area contributed by atoms with Crippen molar-refractivity contribution in [3.05, 3.63) is 64.9 Å². The van der Waals surface area contributed by atoms with Gasteiger partial charge in [0.15, 0.2) is 5.06 Å². The SMILES string of the molecule is COc1cc[c]s1.Cc1ccc(-c2cc[c]s2)cc1. The van der Waals surface area contributed by atoms with Crippen LogP contribution >= 0.6 is 22.7 Å². The Morgan fingerprint density at radius 2 is 1.58 bits per heavy atom. The van der Waals surface area contributed by atoms with Crippen molar-refractivity contribution >= 4 is 22.7 Å². The number of thiophene rings is 2. The smallest absolute Gasteiger partial charge is 0.173 e. The van der Waals surface area contributed by atoms with E-state index in [9.17, 15) is 0 Å². The molecule has 0 saturated heterocycles. The second-order valence-corrected chi connectivity index (χ2v) is 5.58. The molecule has 0 aliphatic heterocycles. The highest BCUT2D eigenvalue weighted by molar-refractivity contribution is 7.13. The summed E-state index contributed by atoms with van der Waals surface area (Å²) in [6.07, 6.45) is 0. The number of rotatable bonds is 2. The minimum atomic E-state index is 0.917. The van der Waals surface area contributed by atoms with Gasteiger partial charge < -0.3 is 4.74 Å². The van der Waals surface area contributed by atoms with Crippen molar-refractivity contribution in [1.82, 2.24) is 0 Å². The lowest BCUT2D eigenvalue weighted by Gasteiger charge is -1.96. The molecule has 0 N–H and O–H groups in total. The average molecular weight is 286 g/mol. The zero-order chi connectivity index (χ0) is 13.5. The van der Waals surface area contributed by atoms with Gasteiger partial charge in [0.25, 0.3) is 0 Å². The van der Waals surface area contributed by atoms with Gasteiger partial charge in [-0.15, -0.1) is 11.3 Å². The molecule has 0 fully saturated rings. The Hall–Kier alpha value is -1.58. The van der Waals surface area contributed by atoms with Crippen molar-refractivity contribution < 1.29 is 4.74 Å². The first-order valence-corrected chi connectivity index (χ1v) is 7.45. The molecule has 0 spiro atoms. The van der Waals surface area contributed by atoms with Crippen LogP contribution in [0.4, 0.5) is 0 Å². The van der Waals surface area contributed by atoms with E-state index in [0.717, 1.165) is 5.06 Å². The van der Waals surface area contributed by atoms with Crippen molar-refractivity contribution in [1.29, 1.82) is 0 Å². The zero-order valence-corrected chi connectivity index (χ0v) is 12.5. The Morgan fingerprint density at radius 3 is 2.05 bits per heavy atom. The number of ether oxygens (including phenoxy) is 1. The molecule has 2 radical (unpaired) electrons. The van der Waals surface area contributed by atoms with Gasteiger partial charge in [-0.2, -0.15) is 0 Å². The number of methoxy groups -OCH3 is 1. The molecule has 1 aromatic carbocycles. The fourth-order valence-corrected chi connectivity index (χ4v) is 2.58. The Balaban J connectivity index is 0.000000163. The third-order valence-corrected chi connectivity index (χ3v) is 4.06. The molecule has 0 amide bonds. The van der Waals surface area contributed by atoms with Crippen LogP contribution in [-0.2, 0) is 0 Å². The standard InChI is InChI=1S/C11H9S.C5H5OS/c1-9-4-6-10(7-5-9)11-3-2-8-12-11;1-6-5-3-2-4-7-5/h2-7H,1H3;2-3H,1H3. The summed E-state index contributed by atoms with van der Waals surface area (Å²) >= 11 is 3.13. The molecule has 0 bridgehead atoms. The lowest BCUT2D eigenvalue weighted by atomic mass is 10.1. The summed E-state index contributed by atoms with van der Waals surface area (Å²) < 4.78 is 4.84. The fraction of sp³-hybridized carbons (Fsp3) is 0.125. The first-order valence-electron chi connectivity index (χ1n) is 5.82. The van der Waals surface area contributed by atoms with E-state index in [-0.39, 0.29) is 0 Å². The largest absolute Gasteiger partial charge is 0.487 e. The maximum Gasteiger partial charge on any atom is 0.173 e. The molecule has 96 valence electrons. The predicted molar refractivity (Wildman–Crippen MR) is 83.0 cm³/mol. The van der Waals surface area contributed by atoms with E-state index in [4.69, 9.17) is 4.74 Å². The normalized spacial score (nSPS) is 9.58. The second-order valence-electron chi connectivity index (χ2n) is 3.86. The lowest BCUT2D eigenvalue weighted by molar-refractivity contribution is 0.427. The molecule has 3 rings (SSSR count). The monoisotopic (exact) mass is 286 g/mol. The Kier molecular flexibility index (Phi) is 5.19. The van der Waals surface area contributed by atoms with Crippen LogP contribution in [-0.4, -0.2) is 7.11 Å². The predicted octanol–water partition coefficient (Wildman–Crippen LogP) is 5.08.